The molecule has 1 rings (SSSR count). The van der Waals surface area contributed by atoms with Gasteiger partial charge in [0, 0.05) is 0 Å². The third-order valence-corrected chi connectivity index (χ3v) is 2.45. The molecule has 0 fully saturated rings. The number of carboxylic acid groups (broad SMARTS) is 1. The van der Waals surface area contributed by atoms with Gasteiger partial charge in [0.25, 0.3) is 5.91 Å². The van der Waals surface area contributed by atoms with Crippen LogP contribution in [0.5, 0.6) is 0 Å². The van der Waals surface area contributed by atoms with E-state index in [4.69, 9.17) is 16.7 Å². The van der Waals surface area contributed by atoms with Crippen LogP contribution in [0.25, 0.3) is 0 Å². The van der Waals surface area contributed by atoms with Crippen LogP contribution in [0.3, 0.4) is 0 Å². The van der Waals surface area contributed by atoms with Gasteiger partial charge in [-0.05, 0) is 17.5 Å². The molecule has 0 aliphatic rings. The van der Waals surface area contributed by atoms with Crippen LogP contribution in [0.15, 0.2) is 12.1 Å². The Morgan fingerprint density at radius 2 is 1.94 bits per heavy atom. The van der Waals surface area contributed by atoms with Gasteiger partial charge in [0.1, 0.15) is 6.04 Å². The van der Waals surface area contributed by atoms with Crippen molar-refractivity contribution >= 4 is 23.5 Å². The molecular weight excluding hydrogens is 258 g/mol. The third kappa shape index (κ3) is 3.66. The Morgan fingerprint density at radius 1 is 1.33 bits per heavy atom. The van der Waals surface area contributed by atoms with Crippen molar-refractivity contribution < 1.29 is 14.7 Å². The lowest BCUT2D eigenvalue weighted by atomic mass is 9.86. The molecule has 0 aliphatic carbocycles. The SMILES string of the molecule is CC(C)(C)[C@H](NC(=O)c1ccc(Cl)nn1)C(=O)O. The summed E-state index contributed by atoms with van der Waals surface area (Å²) in [7, 11) is 0. The second-order valence-electron chi connectivity index (χ2n) is 4.85. The predicted octanol–water partition coefficient (Wildman–Crippen LogP) is 1.36. The summed E-state index contributed by atoms with van der Waals surface area (Å²) in [5, 5.41) is 18.8. The van der Waals surface area contributed by atoms with Crippen LogP contribution in [0.4, 0.5) is 0 Å². The van der Waals surface area contributed by atoms with E-state index in [1.807, 2.05) is 0 Å². The molecule has 0 spiro atoms. The Kier molecular flexibility index (Phi) is 4.24. The van der Waals surface area contributed by atoms with Gasteiger partial charge in [-0.3, -0.25) is 4.79 Å². The second kappa shape index (κ2) is 5.30. The maximum Gasteiger partial charge on any atom is 0.326 e. The van der Waals surface area contributed by atoms with Gasteiger partial charge in [-0.15, -0.1) is 10.2 Å². The molecule has 7 heteroatoms. The highest BCUT2D eigenvalue weighted by atomic mass is 35.5. The number of rotatable bonds is 3. The molecule has 0 radical (unpaired) electrons. The molecule has 0 unspecified atom stereocenters. The molecule has 98 valence electrons. The molecule has 0 aromatic carbocycles. The predicted molar refractivity (Wildman–Crippen MR) is 65.4 cm³/mol. The van der Waals surface area contributed by atoms with E-state index >= 15 is 0 Å². The summed E-state index contributed by atoms with van der Waals surface area (Å²) in [4.78, 5) is 22.9. The maximum absolute atomic E-state index is 11.8. The number of amides is 1. The lowest BCUT2D eigenvalue weighted by Crippen LogP contribution is -2.49. The second-order valence-corrected chi connectivity index (χ2v) is 5.24. The summed E-state index contributed by atoms with van der Waals surface area (Å²) >= 11 is 5.55. The van der Waals surface area contributed by atoms with Crippen molar-refractivity contribution in [1.82, 2.24) is 15.5 Å². The highest BCUT2D eigenvalue weighted by Crippen LogP contribution is 2.19. The smallest absolute Gasteiger partial charge is 0.326 e. The molecule has 2 N–H and O–H groups in total. The summed E-state index contributed by atoms with van der Waals surface area (Å²) in [5.41, 5.74) is -0.587. The summed E-state index contributed by atoms with van der Waals surface area (Å²) in [6.07, 6.45) is 0. The molecule has 6 nitrogen and oxygen atoms in total. The fraction of sp³-hybridized carbons (Fsp3) is 0.455. The van der Waals surface area contributed by atoms with Crippen molar-refractivity contribution in [1.29, 1.82) is 0 Å². The molecule has 0 aliphatic heterocycles. The summed E-state index contributed by atoms with van der Waals surface area (Å²) < 4.78 is 0. The largest absolute Gasteiger partial charge is 0.480 e. The summed E-state index contributed by atoms with van der Waals surface area (Å²) in [6.45, 7) is 5.17. The minimum absolute atomic E-state index is 0.0231. The van der Waals surface area contributed by atoms with Crippen LogP contribution in [0.2, 0.25) is 5.15 Å². The Bertz CT molecular complexity index is 454. The number of nitrogens with zero attached hydrogens (tertiary/aromatic N) is 2. The number of halogens is 1. The average Bonchev–Trinajstić information content (AvgIpc) is 2.24. The van der Waals surface area contributed by atoms with Crippen LogP contribution >= 0.6 is 11.6 Å². The molecule has 0 saturated carbocycles. The lowest BCUT2D eigenvalue weighted by molar-refractivity contribution is -0.142. The summed E-state index contributed by atoms with van der Waals surface area (Å²) in [6, 6.07) is 1.78. The van der Waals surface area contributed by atoms with Gasteiger partial charge in [0.05, 0.1) is 0 Å². The fourth-order valence-electron chi connectivity index (χ4n) is 1.29. The van der Waals surface area contributed by atoms with Crippen LogP contribution in [-0.2, 0) is 4.79 Å². The molecule has 0 saturated heterocycles. The molecular formula is C11H14ClN3O3. The van der Waals surface area contributed by atoms with Crippen molar-refractivity contribution in [2.24, 2.45) is 5.41 Å². The van der Waals surface area contributed by atoms with E-state index in [9.17, 15) is 9.59 Å². The number of hydrogen-bond acceptors (Lipinski definition) is 4. The van der Waals surface area contributed by atoms with Crippen molar-refractivity contribution in [2.75, 3.05) is 0 Å². The van der Waals surface area contributed by atoms with Gasteiger partial charge in [0.15, 0.2) is 10.8 Å². The van der Waals surface area contributed by atoms with Crippen LogP contribution in [-0.4, -0.2) is 33.2 Å². The molecule has 18 heavy (non-hydrogen) atoms. The molecule has 1 atom stereocenters. The number of nitrogens with one attached hydrogen (secondary N) is 1. The quantitative estimate of drug-likeness (QED) is 0.866. The molecule has 1 heterocycles. The zero-order valence-corrected chi connectivity index (χ0v) is 11.0. The van der Waals surface area contributed by atoms with E-state index in [2.05, 4.69) is 15.5 Å². The first-order valence-corrected chi connectivity index (χ1v) is 5.62. The molecule has 1 amide bonds. The number of aliphatic carboxylic acids is 1. The van der Waals surface area contributed by atoms with Crippen molar-refractivity contribution in [2.45, 2.75) is 26.8 Å². The van der Waals surface area contributed by atoms with Crippen LogP contribution in [0.1, 0.15) is 31.3 Å². The molecule has 1 aromatic rings. The third-order valence-electron chi connectivity index (χ3n) is 2.25. The van der Waals surface area contributed by atoms with Crippen LogP contribution < -0.4 is 5.32 Å². The number of carbonyl (C=O) groups excluding carboxylic acids is 1. The number of hydrogen-bond donors (Lipinski definition) is 2. The number of carbonyl (C=O) groups is 2. The van der Waals surface area contributed by atoms with E-state index in [0.717, 1.165) is 0 Å². The zero-order chi connectivity index (χ0) is 13.9. The van der Waals surface area contributed by atoms with Gasteiger partial charge in [-0.2, -0.15) is 0 Å². The van der Waals surface area contributed by atoms with E-state index in [1.165, 1.54) is 12.1 Å². The first-order valence-electron chi connectivity index (χ1n) is 5.24. The molecule has 0 bridgehead atoms. The Hall–Kier alpha value is -1.69. The first-order chi connectivity index (χ1) is 8.21. The van der Waals surface area contributed by atoms with E-state index < -0.39 is 23.3 Å². The van der Waals surface area contributed by atoms with Gasteiger partial charge in [-0.25, -0.2) is 4.79 Å². The fourth-order valence-corrected chi connectivity index (χ4v) is 1.39. The number of carboxylic acids is 1. The molecule has 1 aromatic heterocycles. The Balaban J connectivity index is 2.86. The van der Waals surface area contributed by atoms with E-state index in [-0.39, 0.29) is 10.8 Å². The van der Waals surface area contributed by atoms with Crippen molar-refractivity contribution in [3.8, 4) is 0 Å². The van der Waals surface area contributed by atoms with Crippen molar-refractivity contribution in [3.63, 3.8) is 0 Å². The van der Waals surface area contributed by atoms with Crippen LogP contribution in [0, 0.1) is 5.41 Å². The Morgan fingerprint density at radius 3 is 2.33 bits per heavy atom. The van der Waals surface area contributed by atoms with Gasteiger partial charge in [0.2, 0.25) is 0 Å². The standard InChI is InChI=1S/C11H14ClN3O3/c1-11(2,3)8(10(17)18)13-9(16)6-4-5-7(12)15-14-6/h4-5,8H,1-3H3,(H,13,16)(H,17,18)/t8-/m1/s1. The number of aromatic nitrogens is 2. The minimum atomic E-state index is -1.10. The zero-order valence-electron chi connectivity index (χ0n) is 10.3. The average molecular weight is 272 g/mol. The van der Waals surface area contributed by atoms with E-state index in [0.29, 0.717) is 0 Å². The maximum atomic E-state index is 11.8. The van der Waals surface area contributed by atoms with Gasteiger partial charge >= 0.3 is 5.97 Å². The minimum Gasteiger partial charge on any atom is -0.480 e. The highest BCUT2D eigenvalue weighted by Gasteiger charge is 2.33. The van der Waals surface area contributed by atoms with E-state index in [1.54, 1.807) is 20.8 Å². The normalized spacial score (nSPS) is 12.9. The Labute approximate surface area is 109 Å². The summed E-state index contributed by atoms with van der Waals surface area (Å²) in [5.74, 6) is -1.70. The van der Waals surface area contributed by atoms with Crippen molar-refractivity contribution in [3.05, 3.63) is 23.0 Å². The monoisotopic (exact) mass is 271 g/mol. The first kappa shape index (κ1) is 14.4. The highest BCUT2D eigenvalue weighted by molar-refractivity contribution is 6.29. The van der Waals surface area contributed by atoms with Gasteiger partial charge in [-0.1, -0.05) is 32.4 Å². The lowest BCUT2D eigenvalue weighted by Gasteiger charge is -2.27. The van der Waals surface area contributed by atoms with Gasteiger partial charge < -0.3 is 10.4 Å². The topological polar surface area (TPSA) is 92.2 Å².